The highest BCUT2D eigenvalue weighted by Gasteiger charge is 2.35. The molecule has 35 heavy (non-hydrogen) atoms. The lowest BCUT2D eigenvalue weighted by Crippen LogP contribution is -2.30. The molecule has 0 N–H and O–H groups in total. The Bertz CT molecular complexity index is 1460. The van der Waals surface area contributed by atoms with Crippen LogP contribution < -0.4 is 0 Å². The summed E-state index contributed by atoms with van der Waals surface area (Å²) in [6, 6.07) is 23.7. The van der Waals surface area contributed by atoms with E-state index in [2.05, 4.69) is 28.1 Å². The number of fused-ring (bicyclic) bond motifs is 1. The third-order valence-corrected chi connectivity index (χ3v) is 6.87. The van der Waals surface area contributed by atoms with Crippen LogP contribution in [0.15, 0.2) is 82.4 Å². The summed E-state index contributed by atoms with van der Waals surface area (Å²) in [5, 5.41) is 8.02. The SMILES string of the molecule is COCC(=O)N1N=C(c2c(C)nc3ccc(Cl)cc3c2-c2ccccc2)C[C@@H]1c1cccc(Br)c1. The molecule has 1 atom stereocenters. The highest BCUT2D eigenvalue weighted by Crippen LogP contribution is 2.40. The molecule has 5 rings (SSSR count). The standard InChI is InChI=1S/C28H23BrClN3O2/c1-17-27(28(18-7-4-3-5-8-18)22-14-21(30)11-12-23(22)31-17)24-15-25(19-9-6-10-20(29)13-19)33(32-24)26(34)16-35-2/h3-14,25H,15-16H2,1-2H3/t25-/m1/s1. The van der Waals surface area contributed by atoms with E-state index in [1.165, 1.54) is 7.11 Å². The Balaban J connectivity index is 1.73. The average molecular weight is 549 g/mol. The van der Waals surface area contributed by atoms with Gasteiger partial charge in [0, 0.05) is 45.2 Å². The molecule has 0 radical (unpaired) electrons. The van der Waals surface area contributed by atoms with Crippen LogP contribution in [0.1, 0.15) is 29.3 Å². The van der Waals surface area contributed by atoms with Gasteiger partial charge in [-0.05, 0) is 48.4 Å². The zero-order chi connectivity index (χ0) is 24.5. The summed E-state index contributed by atoms with van der Waals surface area (Å²) in [4.78, 5) is 17.9. The quantitative estimate of drug-likeness (QED) is 0.271. The Hall–Kier alpha value is -3.06. The fourth-order valence-corrected chi connectivity index (χ4v) is 5.26. The summed E-state index contributed by atoms with van der Waals surface area (Å²) in [6.07, 6.45) is 0.556. The fourth-order valence-electron chi connectivity index (χ4n) is 4.67. The lowest BCUT2D eigenvalue weighted by molar-refractivity contribution is -0.137. The van der Waals surface area contributed by atoms with Crippen molar-refractivity contribution in [3.63, 3.8) is 0 Å². The number of hydrogen-bond donors (Lipinski definition) is 0. The molecule has 0 bridgehead atoms. The van der Waals surface area contributed by atoms with Crippen molar-refractivity contribution >= 4 is 50.1 Å². The van der Waals surface area contributed by atoms with Gasteiger partial charge in [0.15, 0.2) is 0 Å². The minimum absolute atomic E-state index is 0.0443. The molecule has 7 heteroatoms. The Labute approximate surface area is 217 Å². The first-order valence-electron chi connectivity index (χ1n) is 11.3. The van der Waals surface area contributed by atoms with E-state index in [9.17, 15) is 4.79 Å². The van der Waals surface area contributed by atoms with Gasteiger partial charge in [0.1, 0.15) is 6.61 Å². The molecule has 5 nitrogen and oxygen atoms in total. The minimum atomic E-state index is -0.247. The van der Waals surface area contributed by atoms with Crippen molar-refractivity contribution in [3.8, 4) is 11.1 Å². The van der Waals surface area contributed by atoms with E-state index in [0.29, 0.717) is 11.4 Å². The molecule has 0 saturated carbocycles. The van der Waals surface area contributed by atoms with Crippen LogP contribution in [-0.2, 0) is 9.53 Å². The molecule has 4 aromatic rings. The number of halogens is 2. The van der Waals surface area contributed by atoms with Gasteiger partial charge in [0.25, 0.3) is 5.91 Å². The van der Waals surface area contributed by atoms with Crippen LogP contribution >= 0.6 is 27.5 Å². The maximum atomic E-state index is 13.0. The van der Waals surface area contributed by atoms with Gasteiger partial charge >= 0.3 is 0 Å². The zero-order valence-corrected chi connectivity index (χ0v) is 21.7. The van der Waals surface area contributed by atoms with Gasteiger partial charge in [-0.15, -0.1) is 0 Å². The largest absolute Gasteiger partial charge is 0.375 e. The van der Waals surface area contributed by atoms with Crippen molar-refractivity contribution in [2.45, 2.75) is 19.4 Å². The molecule has 176 valence electrons. The maximum absolute atomic E-state index is 13.0. The summed E-state index contributed by atoms with van der Waals surface area (Å²) < 4.78 is 6.11. The molecule has 2 heterocycles. The van der Waals surface area contributed by atoms with E-state index in [1.807, 2.05) is 67.6 Å². The fraction of sp³-hybridized carbons (Fsp3) is 0.179. The molecule has 0 saturated heterocycles. The molecular formula is C28H23BrClN3O2. The number of aryl methyl sites for hydroxylation is 1. The lowest BCUT2D eigenvalue weighted by Gasteiger charge is -2.22. The first kappa shape index (κ1) is 23.7. The van der Waals surface area contributed by atoms with Gasteiger partial charge in [-0.3, -0.25) is 9.78 Å². The van der Waals surface area contributed by atoms with Crippen molar-refractivity contribution < 1.29 is 9.53 Å². The number of nitrogens with zero attached hydrogens (tertiary/aromatic N) is 3. The van der Waals surface area contributed by atoms with E-state index >= 15 is 0 Å². The second-order valence-corrected chi connectivity index (χ2v) is 9.82. The van der Waals surface area contributed by atoms with Crippen molar-refractivity contribution in [1.29, 1.82) is 0 Å². The summed E-state index contributed by atoms with van der Waals surface area (Å²) >= 11 is 9.97. The molecule has 0 fully saturated rings. The molecule has 1 aromatic heterocycles. The van der Waals surface area contributed by atoms with Crippen molar-refractivity contribution in [3.05, 3.63) is 99.1 Å². The Morgan fingerprint density at radius 2 is 1.89 bits per heavy atom. The predicted octanol–water partition coefficient (Wildman–Crippen LogP) is 6.95. The zero-order valence-electron chi connectivity index (χ0n) is 19.3. The lowest BCUT2D eigenvalue weighted by atomic mass is 9.89. The highest BCUT2D eigenvalue weighted by atomic mass is 79.9. The molecule has 1 aliphatic heterocycles. The first-order chi connectivity index (χ1) is 17.0. The third-order valence-electron chi connectivity index (χ3n) is 6.15. The van der Waals surface area contributed by atoms with Gasteiger partial charge in [-0.2, -0.15) is 5.10 Å². The number of hydrazone groups is 1. The Morgan fingerprint density at radius 3 is 2.63 bits per heavy atom. The topological polar surface area (TPSA) is 54.8 Å². The molecular weight excluding hydrogens is 526 g/mol. The number of hydrogen-bond acceptors (Lipinski definition) is 4. The molecule has 0 unspecified atom stereocenters. The molecule has 3 aromatic carbocycles. The average Bonchev–Trinajstić information content (AvgIpc) is 3.29. The number of aromatic nitrogens is 1. The summed E-state index contributed by atoms with van der Waals surface area (Å²) in [5.41, 5.74) is 6.52. The van der Waals surface area contributed by atoms with Gasteiger partial charge in [0.2, 0.25) is 0 Å². The van der Waals surface area contributed by atoms with Crippen molar-refractivity contribution in [1.82, 2.24) is 9.99 Å². The van der Waals surface area contributed by atoms with E-state index in [1.54, 1.807) is 5.01 Å². The van der Waals surface area contributed by atoms with Gasteiger partial charge < -0.3 is 4.74 Å². The number of amides is 1. The summed E-state index contributed by atoms with van der Waals surface area (Å²) in [6.45, 7) is 1.95. The first-order valence-corrected chi connectivity index (χ1v) is 12.4. The van der Waals surface area contributed by atoms with E-state index in [4.69, 9.17) is 26.4 Å². The second kappa shape index (κ2) is 9.90. The number of carbonyl (C=O) groups excluding carboxylic acids is 1. The van der Waals surface area contributed by atoms with Crippen LogP contribution in [0.4, 0.5) is 0 Å². The number of rotatable bonds is 5. The predicted molar refractivity (Wildman–Crippen MR) is 144 cm³/mol. The van der Waals surface area contributed by atoms with Gasteiger partial charge in [-0.25, -0.2) is 5.01 Å². The van der Waals surface area contributed by atoms with Crippen LogP contribution in [-0.4, -0.2) is 35.3 Å². The normalized spacial score (nSPS) is 15.5. The van der Waals surface area contributed by atoms with Gasteiger partial charge in [0.05, 0.1) is 17.3 Å². The molecule has 1 amide bonds. The number of methoxy groups -OCH3 is 1. The molecule has 0 aliphatic carbocycles. The summed E-state index contributed by atoms with van der Waals surface area (Å²) in [5.74, 6) is -0.191. The monoisotopic (exact) mass is 547 g/mol. The van der Waals surface area contributed by atoms with E-state index < -0.39 is 0 Å². The van der Waals surface area contributed by atoms with Crippen LogP contribution in [0.3, 0.4) is 0 Å². The van der Waals surface area contributed by atoms with E-state index in [0.717, 1.165) is 49.0 Å². The minimum Gasteiger partial charge on any atom is -0.375 e. The highest BCUT2D eigenvalue weighted by molar-refractivity contribution is 9.10. The second-order valence-electron chi connectivity index (χ2n) is 8.47. The third kappa shape index (κ3) is 4.61. The van der Waals surface area contributed by atoms with Crippen molar-refractivity contribution in [2.24, 2.45) is 5.10 Å². The molecule has 1 aliphatic rings. The van der Waals surface area contributed by atoms with E-state index in [-0.39, 0.29) is 18.6 Å². The number of benzene rings is 3. The number of ether oxygens (including phenoxy) is 1. The smallest absolute Gasteiger partial charge is 0.269 e. The van der Waals surface area contributed by atoms with Gasteiger partial charge in [-0.1, -0.05) is 70.0 Å². The van der Waals surface area contributed by atoms with Crippen LogP contribution in [0, 0.1) is 6.92 Å². The van der Waals surface area contributed by atoms with Crippen LogP contribution in [0.5, 0.6) is 0 Å². The molecule has 0 spiro atoms. The maximum Gasteiger partial charge on any atom is 0.269 e. The number of pyridine rings is 1. The van der Waals surface area contributed by atoms with Crippen molar-refractivity contribution in [2.75, 3.05) is 13.7 Å². The van der Waals surface area contributed by atoms with Crippen LogP contribution in [0.2, 0.25) is 5.02 Å². The number of carbonyl (C=O) groups is 1. The van der Waals surface area contributed by atoms with Crippen LogP contribution in [0.25, 0.3) is 22.0 Å². The Kier molecular flexibility index (Phi) is 6.69. The Morgan fingerprint density at radius 1 is 1.09 bits per heavy atom. The summed E-state index contributed by atoms with van der Waals surface area (Å²) in [7, 11) is 1.52.